The lowest BCUT2D eigenvalue weighted by atomic mass is 10.1. The van der Waals surface area contributed by atoms with E-state index >= 15 is 0 Å². The highest BCUT2D eigenvalue weighted by Crippen LogP contribution is 2.28. The molecule has 2 aromatic rings. The highest BCUT2D eigenvalue weighted by molar-refractivity contribution is 9.10. The molecule has 5 heteroatoms. The van der Waals surface area contributed by atoms with E-state index in [1.54, 1.807) is 0 Å². The van der Waals surface area contributed by atoms with Crippen LogP contribution < -0.4 is 5.32 Å². The van der Waals surface area contributed by atoms with Gasteiger partial charge < -0.3 is 9.73 Å². The Morgan fingerprint density at radius 3 is 2.65 bits per heavy atom. The summed E-state index contributed by atoms with van der Waals surface area (Å²) < 4.78 is 8.95. The third-order valence-corrected chi connectivity index (χ3v) is 4.46. The molecule has 0 aliphatic rings. The van der Waals surface area contributed by atoms with Crippen molar-refractivity contribution in [2.75, 3.05) is 7.05 Å². The minimum absolute atomic E-state index is 0.159. The molecule has 0 fully saturated rings. The first-order valence-electron chi connectivity index (χ1n) is 7.08. The molecule has 0 amide bonds. The fourth-order valence-electron chi connectivity index (χ4n) is 2.39. The zero-order valence-electron chi connectivity index (χ0n) is 12.5. The number of halogens is 1. The second-order valence-corrected chi connectivity index (χ2v) is 5.66. The summed E-state index contributed by atoms with van der Waals surface area (Å²) in [6.45, 7) is 7.09. The third-order valence-electron chi connectivity index (χ3n) is 3.54. The summed E-state index contributed by atoms with van der Waals surface area (Å²) in [5.74, 6) is 1.91. The van der Waals surface area contributed by atoms with Crippen LogP contribution in [0.15, 0.2) is 21.0 Å². The summed E-state index contributed by atoms with van der Waals surface area (Å²) in [6, 6.07) is 4.20. The maximum absolute atomic E-state index is 5.75. The van der Waals surface area contributed by atoms with Crippen molar-refractivity contribution in [3.8, 4) is 0 Å². The number of nitrogens with one attached hydrogen (secondary N) is 1. The van der Waals surface area contributed by atoms with Crippen LogP contribution >= 0.6 is 15.9 Å². The van der Waals surface area contributed by atoms with Crippen molar-refractivity contribution in [1.82, 2.24) is 15.1 Å². The van der Waals surface area contributed by atoms with E-state index in [2.05, 4.69) is 44.9 Å². The Balaban J connectivity index is 2.29. The zero-order valence-corrected chi connectivity index (χ0v) is 14.1. The number of hydrogen-bond donors (Lipinski definition) is 1. The van der Waals surface area contributed by atoms with E-state index in [4.69, 9.17) is 4.42 Å². The summed E-state index contributed by atoms with van der Waals surface area (Å²) in [4.78, 5) is 0. The second kappa shape index (κ2) is 6.59. The smallest absolute Gasteiger partial charge is 0.121 e. The fraction of sp³-hybridized carbons (Fsp3) is 0.533. The minimum atomic E-state index is 0.159. The average Bonchev–Trinajstić information content (AvgIpc) is 3.00. The van der Waals surface area contributed by atoms with Gasteiger partial charge in [0.25, 0.3) is 0 Å². The second-order valence-electron chi connectivity index (χ2n) is 4.87. The number of hydrogen-bond acceptors (Lipinski definition) is 3. The molecule has 2 heterocycles. The van der Waals surface area contributed by atoms with Gasteiger partial charge in [-0.3, -0.25) is 4.68 Å². The molecule has 0 spiro atoms. The SMILES string of the molecule is CCc1nn(CC)c(CC(NC)c2ccc(C)o2)c1Br. The number of aromatic nitrogens is 2. The molecule has 1 atom stereocenters. The molecule has 0 radical (unpaired) electrons. The first kappa shape index (κ1) is 15.3. The van der Waals surface area contributed by atoms with Crippen LogP contribution in [0.1, 0.15) is 42.8 Å². The van der Waals surface area contributed by atoms with E-state index in [1.165, 1.54) is 5.69 Å². The Morgan fingerprint density at radius 2 is 2.15 bits per heavy atom. The molecule has 0 saturated carbocycles. The first-order valence-corrected chi connectivity index (χ1v) is 7.87. The predicted octanol–water partition coefficient (Wildman–Crippen LogP) is 3.63. The van der Waals surface area contributed by atoms with Crippen LogP contribution in [0.25, 0.3) is 0 Å². The summed E-state index contributed by atoms with van der Waals surface area (Å²) in [7, 11) is 1.96. The standard InChI is InChI=1S/C15H22BrN3O/c1-5-11-15(16)13(19(6-2)18-11)9-12(17-4)14-8-7-10(3)20-14/h7-8,12,17H,5-6,9H2,1-4H3. The molecule has 1 N–H and O–H groups in total. The van der Waals surface area contributed by atoms with Gasteiger partial charge >= 0.3 is 0 Å². The molecule has 0 aliphatic carbocycles. The maximum atomic E-state index is 5.75. The van der Waals surface area contributed by atoms with E-state index in [-0.39, 0.29) is 6.04 Å². The van der Waals surface area contributed by atoms with Gasteiger partial charge in [-0.25, -0.2) is 0 Å². The minimum Gasteiger partial charge on any atom is -0.465 e. The summed E-state index contributed by atoms with van der Waals surface area (Å²) in [5.41, 5.74) is 2.34. The van der Waals surface area contributed by atoms with Crippen LogP contribution in [0.5, 0.6) is 0 Å². The van der Waals surface area contributed by atoms with Crippen molar-refractivity contribution >= 4 is 15.9 Å². The summed E-state index contributed by atoms with van der Waals surface area (Å²) in [5, 5.41) is 7.97. The van der Waals surface area contributed by atoms with Crippen LogP contribution in [0.4, 0.5) is 0 Å². The molecule has 110 valence electrons. The predicted molar refractivity (Wildman–Crippen MR) is 83.9 cm³/mol. The molecule has 2 rings (SSSR count). The summed E-state index contributed by atoms with van der Waals surface area (Å²) >= 11 is 3.70. The lowest BCUT2D eigenvalue weighted by molar-refractivity contribution is 0.407. The average molecular weight is 340 g/mol. The van der Waals surface area contributed by atoms with E-state index in [9.17, 15) is 0 Å². The van der Waals surface area contributed by atoms with Gasteiger partial charge in [0.05, 0.1) is 21.9 Å². The van der Waals surface area contributed by atoms with Crippen molar-refractivity contribution < 1.29 is 4.42 Å². The molecule has 0 aliphatic heterocycles. The van der Waals surface area contributed by atoms with Crippen LogP contribution in [0, 0.1) is 6.92 Å². The van der Waals surface area contributed by atoms with Gasteiger partial charge in [0, 0.05) is 13.0 Å². The molecule has 0 aromatic carbocycles. The van der Waals surface area contributed by atoms with Crippen LogP contribution in [-0.2, 0) is 19.4 Å². The zero-order chi connectivity index (χ0) is 14.7. The lowest BCUT2D eigenvalue weighted by Gasteiger charge is -2.15. The van der Waals surface area contributed by atoms with E-state index in [0.717, 1.165) is 41.1 Å². The molecule has 20 heavy (non-hydrogen) atoms. The molecule has 2 aromatic heterocycles. The van der Waals surface area contributed by atoms with Crippen LogP contribution in [-0.4, -0.2) is 16.8 Å². The van der Waals surface area contributed by atoms with Gasteiger partial charge in [0.2, 0.25) is 0 Å². The van der Waals surface area contributed by atoms with Gasteiger partial charge in [0.1, 0.15) is 11.5 Å². The van der Waals surface area contributed by atoms with E-state index < -0.39 is 0 Å². The highest BCUT2D eigenvalue weighted by atomic mass is 79.9. The maximum Gasteiger partial charge on any atom is 0.121 e. The van der Waals surface area contributed by atoms with Crippen molar-refractivity contribution in [2.24, 2.45) is 0 Å². The Labute approximate surface area is 128 Å². The number of furan rings is 1. The first-order chi connectivity index (χ1) is 9.60. The monoisotopic (exact) mass is 339 g/mol. The Kier molecular flexibility index (Phi) is 5.05. The topological polar surface area (TPSA) is 43.0 Å². The van der Waals surface area contributed by atoms with Crippen molar-refractivity contribution in [3.63, 3.8) is 0 Å². The molecule has 0 bridgehead atoms. The van der Waals surface area contributed by atoms with Crippen molar-refractivity contribution in [2.45, 2.75) is 46.2 Å². The van der Waals surface area contributed by atoms with Crippen LogP contribution in [0.2, 0.25) is 0 Å². The highest BCUT2D eigenvalue weighted by Gasteiger charge is 2.20. The third kappa shape index (κ3) is 2.99. The normalized spacial score (nSPS) is 12.8. The fourth-order valence-corrected chi connectivity index (χ4v) is 3.12. The summed E-state index contributed by atoms with van der Waals surface area (Å²) in [6.07, 6.45) is 1.79. The van der Waals surface area contributed by atoms with Crippen molar-refractivity contribution in [3.05, 3.63) is 39.5 Å². The molecule has 0 saturated heterocycles. The number of likely N-dealkylation sites (N-methyl/N-ethyl adjacent to an activating group) is 1. The largest absolute Gasteiger partial charge is 0.465 e. The number of aryl methyl sites for hydroxylation is 3. The Bertz CT molecular complexity index is 574. The molecule has 4 nitrogen and oxygen atoms in total. The van der Waals surface area contributed by atoms with Gasteiger partial charge in [-0.2, -0.15) is 5.10 Å². The molecular formula is C15H22BrN3O. The lowest BCUT2D eigenvalue weighted by Crippen LogP contribution is -2.20. The van der Waals surface area contributed by atoms with Gasteiger partial charge in [0.15, 0.2) is 0 Å². The number of rotatable bonds is 6. The van der Waals surface area contributed by atoms with E-state index in [0.29, 0.717) is 0 Å². The van der Waals surface area contributed by atoms with E-state index in [1.807, 2.05) is 26.1 Å². The van der Waals surface area contributed by atoms with Crippen LogP contribution in [0.3, 0.4) is 0 Å². The quantitative estimate of drug-likeness (QED) is 0.873. The van der Waals surface area contributed by atoms with Crippen molar-refractivity contribution in [1.29, 1.82) is 0 Å². The van der Waals surface area contributed by atoms with Gasteiger partial charge in [-0.05, 0) is 55.4 Å². The molecule has 1 unspecified atom stereocenters. The number of nitrogens with zero attached hydrogens (tertiary/aromatic N) is 2. The Morgan fingerprint density at radius 1 is 1.40 bits per heavy atom. The van der Waals surface area contributed by atoms with Gasteiger partial charge in [-0.15, -0.1) is 0 Å². The Hall–Kier alpha value is -1.07. The van der Waals surface area contributed by atoms with Gasteiger partial charge in [-0.1, -0.05) is 6.92 Å². The molecular weight excluding hydrogens is 318 g/mol.